The second kappa shape index (κ2) is 18.6. The van der Waals surface area contributed by atoms with E-state index < -0.39 is 66.2 Å². The van der Waals surface area contributed by atoms with Crippen molar-refractivity contribution in [1.29, 1.82) is 0 Å². The van der Waals surface area contributed by atoms with Gasteiger partial charge in [-0.3, -0.25) is 34.0 Å². The molecule has 0 aliphatic heterocycles. The molecule has 40 heavy (non-hydrogen) atoms. The number of hydrogen-bond donors (Lipinski definition) is 11. The molecule has 0 radical (unpaired) electrons. The predicted molar refractivity (Wildman–Crippen MR) is 142 cm³/mol. The fourth-order valence-electron chi connectivity index (χ4n) is 3.19. The molecule has 0 aromatic heterocycles. The molecule has 0 rings (SSSR count). The van der Waals surface area contributed by atoms with E-state index >= 15 is 0 Å². The smallest absolute Gasteiger partial charge is 0.326 e. The van der Waals surface area contributed by atoms with Gasteiger partial charge < -0.3 is 60.6 Å². The minimum atomic E-state index is -1.48. The number of rotatable bonds is 20. The summed E-state index contributed by atoms with van der Waals surface area (Å²) in [4.78, 5) is 79.8. The largest absolute Gasteiger partial charge is 0.481 e. The van der Waals surface area contributed by atoms with Crippen LogP contribution in [0.4, 0.5) is 0 Å². The van der Waals surface area contributed by atoms with Gasteiger partial charge in [0, 0.05) is 19.5 Å². The zero-order chi connectivity index (χ0) is 30.8. The molecule has 4 unspecified atom stereocenters. The number of carbonyl (C=O) groups excluding carboxylic acids is 4. The maximum atomic E-state index is 13.1. The number of carboxylic acid groups (broad SMARTS) is 2. The molecule has 0 fully saturated rings. The average Bonchev–Trinajstić information content (AvgIpc) is 2.83. The Morgan fingerprint density at radius 1 is 0.650 bits per heavy atom. The topological polar surface area (TPSA) is 360 Å². The van der Waals surface area contributed by atoms with Gasteiger partial charge >= 0.3 is 11.9 Å². The SMILES string of the molecule is NC(=O)CCC(NC(=O)C(CCCN=C(N)N)NC(=O)C(N)CC(=O)O)C(=O)NC(CCCN=C(N)N)C(=O)O. The molecule has 0 aliphatic rings. The molecule has 0 aliphatic carbocycles. The highest BCUT2D eigenvalue weighted by molar-refractivity contribution is 5.95. The van der Waals surface area contributed by atoms with Gasteiger partial charge in [0.15, 0.2) is 11.9 Å². The summed E-state index contributed by atoms with van der Waals surface area (Å²) in [5.41, 5.74) is 31.7. The number of hydrogen-bond acceptors (Lipinski definition) is 9. The Balaban J connectivity index is 5.70. The lowest BCUT2D eigenvalue weighted by Crippen LogP contribution is -2.57. The number of aliphatic carboxylic acids is 2. The molecule has 4 atom stereocenters. The lowest BCUT2D eigenvalue weighted by atomic mass is 10.1. The van der Waals surface area contributed by atoms with E-state index in [4.69, 9.17) is 39.5 Å². The first-order valence-corrected chi connectivity index (χ1v) is 12.1. The molecule has 0 saturated heterocycles. The van der Waals surface area contributed by atoms with E-state index in [1.807, 2.05) is 0 Å². The van der Waals surface area contributed by atoms with Crippen LogP contribution in [0.15, 0.2) is 9.98 Å². The number of nitrogens with zero attached hydrogens (tertiary/aromatic N) is 2. The minimum Gasteiger partial charge on any atom is -0.481 e. The van der Waals surface area contributed by atoms with Crippen LogP contribution in [0.25, 0.3) is 0 Å². The molecule has 0 aromatic rings. The zero-order valence-corrected chi connectivity index (χ0v) is 21.9. The Kier molecular flexibility index (Phi) is 16.4. The summed E-state index contributed by atoms with van der Waals surface area (Å²) in [5.74, 6) is -6.67. The van der Waals surface area contributed by atoms with Crippen molar-refractivity contribution in [3.05, 3.63) is 0 Å². The monoisotopic (exact) mass is 573 g/mol. The van der Waals surface area contributed by atoms with Crippen LogP contribution in [-0.4, -0.2) is 95.0 Å². The molecule has 226 valence electrons. The van der Waals surface area contributed by atoms with Gasteiger partial charge in [0.1, 0.15) is 18.1 Å². The number of amides is 4. The van der Waals surface area contributed by atoms with Crippen molar-refractivity contribution in [1.82, 2.24) is 16.0 Å². The van der Waals surface area contributed by atoms with Crippen LogP contribution in [0.3, 0.4) is 0 Å². The zero-order valence-electron chi connectivity index (χ0n) is 21.9. The van der Waals surface area contributed by atoms with Gasteiger partial charge in [0.25, 0.3) is 0 Å². The quantitative estimate of drug-likeness (QED) is 0.0368. The Morgan fingerprint density at radius 3 is 1.50 bits per heavy atom. The van der Waals surface area contributed by atoms with Crippen molar-refractivity contribution in [3.8, 4) is 0 Å². The van der Waals surface area contributed by atoms with Gasteiger partial charge in [-0.05, 0) is 32.1 Å². The molecule has 19 heteroatoms. The van der Waals surface area contributed by atoms with Gasteiger partial charge in [0.2, 0.25) is 23.6 Å². The highest BCUT2D eigenvalue weighted by Crippen LogP contribution is 2.06. The molecule has 17 N–H and O–H groups in total. The summed E-state index contributed by atoms with van der Waals surface area (Å²) in [6.45, 7) is 0.184. The van der Waals surface area contributed by atoms with Crippen molar-refractivity contribution >= 4 is 47.5 Å². The standard InChI is InChI=1S/C21H39N11O8/c22-10(9-15(34)35)16(36)30-11(3-1-7-28-20(24)25)17(37)31-12(5-6-14(23)33)18(38)32-13(19(39)40)4-2-8-29-21(26)27/h10-13H,1-9,22H2,(H2,23,33)(H,30,36)(H,31,37)(H,32,38)(H,34,35)(H,39,40)(H4,24,25,28)(H4,26,27,29). The maximum absolute atomic E-state index is 13.1. The van der Waals surface area contributed by atoms with E-state index in [9.17, 15) is 33.9 Å². The number of primary amides is 1. The normalized spacial score (nSPS) is 13.4. The molecule has 19 nitrogen and oxygen atoms in total. The van der Waals surface area contributed by atoms with Crippen LogP contribution in [0.2, 0.25) is 0 Å². The first kappa shape index (κ1) is 35.3. The van der Waals surface area contributed by atoms with E-state index in [1.165, 1.54) is 0 Å². The summed E-state index contributed by atoms with van der Waals surface area (Å²) in [7, 11) is 0. The third kappa shape index (κ3) is 16.2. The minimum absolute atomic E-state index is 0.0547. The molecule has 0 spiro atoms. The van der Waals surface area contributed by atoms with Crippen molar-refractivity contribution in [2.45, 2.75) is 69.1 Å². The molecule has 0 bridgehead atoms. The molecule has 0 saturated carbocycles. The number of aliphatic imine (C=N–C) groups is 2. The van der Waals surface area contributed by atoms with Crippen LogP contribution in [0, 0.1) is 0 Å². The average molecular weight is 574 g/mol. The second-order valence-corrected chi connectivity index (χ2v) is 8.63. The highest BCUT2D eigenvalue weighted by atomic mass is 16.4. The number of nitrogens with one attached hydrogen (secondary N) is 3. The third-order valence-electron chi connectivity index (χ3n) is 5.18. The van der Waals surface area contributed by atoms with Crippen molar-refractivity contribution in [2.75, 3.05) is 13.1 Å². The molecular weight excluding hydrogens is 534 g/mol. The Hall–Kier alpha value is -4.68. The van der Waals surface area contributed by atoms with Gasteiger partial charge in [-0.25, -0.2) is 4.79 Å². The molecule has 0 aromatic carbocycles. The van der Waals surface area contributed by atoms with Crippen molar-refractivity contribution in [2.24, 2.45) is 44.4 Å². The van der Waals surface area contributed by atoms with Crippen LogP contribution >= 0.6 is 0 Å². The van der Waals surface area contributed by atoms with Gasteiger partial charge in [-0.15, -0.1) is 0 Å². The maximum Gasteiger partial charge on any atom is 0.326 e. The Morgan fingerprint density at radius 2 is 1.07 bits per heavy atom. The van der Waals surface area contributed by atoms with Crippen LogP contribution in [0.5, 0.6) is 0 Å². The number of nitrogens with two attached hydrogens (primary N) is 6. The molecule has 0 heterocycles. The number of guanidine groups is 2. The van der Waals surface area contributed by atoms with E-state index in [2.05, 4.69) is 25.9 Å². The van der Waals surface area contributed by atoms with Crippen LogP contribution in [-0.2, 0) is 28.8 Å². The summed E-state index contributed by atoms with van der Waals surface area (Å²) in [6.07, 6.45) is -1.07. The van der Waals surface area contributed by atoms with Crippen LogP contribution in [0.1, 0.15) is 44.9 Å². The lowest BCUT2D eigenvalue weighted by Gasteiger charge is -2.25. The van der Waals surface area contributed by atoms with Gasteiger partial charge in [-0.2, -0.15) is 0 Å². The van der Waals surface area contributed by atoms with Gasteiger partial charge in [0.05, 0.1) is 12.5 Å². The van der Waals surface area contributed by atoms with E-state index in [-0.39, 0.29) is 63.5 Å². The van der Waals surface area contributed by atoms with E-state index in [1.54, 1.807) is 0 Å². The van der Waals surface area contributed by atoms with E-state index in [0.29, 0.717) is 0 Å². The van der Waals surface area contributed by atoms with Crippen molar-refractivity contribution < 1.29 is 39.0 Å². The fraction of sp³-hybridized carbons (Fsp3) is 0.619. The second-order valence-electron chi connectivity index (χ2n) is 8.63. The summed E-state index contributed by atoms with van der Waals surface area (Å²) in [6, 6.07) is -5.60. The molecule has 4 amide bonds. The Labute approximate surface area is 229 Å². The van der Waals surface area contributed by atoms with Crippen molar-refractivity contribution in [3.63, 3.8) is 0 Å². The molecular formula is C21H39N11O8. The van der Waals surface area contributed by atoms with Gasteiger partial charge in [-0.1, -0.05) is 0 Å². The fourth-order valence-corrected chi connectivity index (χ4v) is 3.19. The predicted octanol–water partition coefficient (Wildman–Crippen LogP) is -5.30. The lowest BCUT2D eigenvalue weighted by molar-refractivity contribution is -0.142. The summed E-state index contributed by atoms with van der Waals surface area (Å²) in [5, 5.41) is 25.3. The van der Waals surface area contributed by atoms with E-state index in [0.717, 1.165) is 0 Å². The van der Waals surface area contributed by atoms with Crippen LogP contribution < -0.4 is 50.4 Å². The third-order valence-corrected chi connectivity index (χ3v) is 5.18. The first-order valence-electron chi connectivity index (χ1n) is 12.1. The highest BCUT2D eigenvalue weighted by Gasteiger charge is 2.30. The summed E-state index contributed by atoms with van der Waals surface area (Å²) >= 11 is 0. The first-order chi connectivity index (χ1) is 18.6. The number of carboxylic acids is 2. The summed E-state index contributed by atoms with van der Waals surface area (Å²) < 4.78 is 0. The number of carbonyl (C=O) groups is 6. The Bertz CT molecular complexity index is 964.